The van der Waals surface area contributed by atoms with Gasteiger partial charge in [-0.05, 0) is 42.5 Å². The topological polar surface area (TPSA) is 94.2 Å². The molecule has 0 bridgehead atoms. The van der Waals surface area contributed by atoms with Crippen molar-refractivity contribution in [1.82, 2.24) is 4.31 Å². The molecule has 0 spiro atoms. The molecule has 2 aromatic rings. The SMILES string of the molecule is C=CCOc1ccc(NC(=O)c2cc(S(=O)(=O)N3CCOCC3)ccc2OC)cc1. The van der Waals surface area contributed by atoms with Crippen molar-refractivity contribution in [2.24, 2.45) is 0 Å². The van der Waals surface area contributed by atoms with Gasteiger partial charge in [0.05, 0.1) is 30.8 Å². The van der Waals surface area contributed by atoms with Gasteiger partial charge in [-0.3, -0.25) is 4.79 Å². The van der Waals surface area contributed by atoms with E-state index in [4.69, 9.17) is 14.2 Å². The zero-order valence-electron chi connectivity index (χ0n) is 16.7. The Bertz CT molecular complexity index is 999. The van der Waals surface area contributed by atoms with E-state index in [2.05, 4.69) is 11.9 Å². The summed E-state index contributed by atoms with van der Waals surface area (Å²) in [4.78, 5) is 12.9. The van der Waals surface area contributed by atoms with Crippen molar-refractivity contribution in [3.8, 4) is 11.5 Å². The standard InChI is InChI=1S/C21H24N2O6S/c1-3-12-29-17-6-4-16(5-7-17)22-21(24)19-15-18(8-9-20(19)27-2)30(25,26)23-10-13-28-14-11-23/h3-9,15H,1,10-14H2,2H3,(H,22,24). The minimum Gasteiger partial charge on any atom is -0.496 e. The van der Waals surface area contributed by atoms with Gasteiger partial charge in [0.1, 0.15) is 18.1 Å². The molecule has 1 amide bonds. The fraction of sp³-hybridized carbons (Fsp3) is 0.286. The fourth-order valence-electron chi connectivity index (χ4n) is 2.95. The third kappa shape index (κ3) is 4.99. The second kappa shape index (κ2) is 9.75. The predicted octanol–water partition coefficient (Wildman–Crippen LogP) is 2.53. The quantitative estimate of drug-likeness (QED) is 0.645. The summed E-state index contributed by atoms with van der Waals surface area (Å²) in [5.41, 5.74) is 0.660. The van der Waals surface area contributed by atoms with Crippen LogP contribution in [0.2, 0.25) is 0 Å². The van der Waals surface area contributed by atoms with Crippen LogP contribution in [-0.2, 0) is 14.8 Å². The zero-order valence-corrected chi connectivity index (χ0v) is 17.5. The van der Waals surface area contributed by atoms with E-state index in [0.29, 0.717) is 31.3 Å². The summed E-state index contributed by atoms with van der Waals surface area (Å²) in [6, 6.07) is 11.1. The van der Waals surface area contributed by atoms with Crippen LogP contribution in [0.1, 0.15) is 10.4 Å². The number of morpholine rings is 1. The Morgan fingerprint density at radius 1 is 1.20 bits per heavy atom. The fourth-order valence-corrected chi connectivity index (χ4v) is 4.38. The maximum absolute atomic E-state index is 12.9. The van der Waals surface area contributed by atoms with Gasteiger partial charge in [0, 0.05) is 18.8 Å². The molecule has 2 aromatic carbocycles. The number of amides is 1. The normalized spacial score (nSPS) is 14.7. The average Bonchev–Trinajstić information content (AvgIpc) is 2.78. The van der Waals surface area contributed by atoms with Gasteiger partial charge in [-0.2, -0.15) is 4.31 Å². The molecule has 1 N–H and O–H groups in total. The molecular formula is C21H24N2O6S. The molecule has 1 aliphatic rings. The molecule has 0 unspecified atom stereocenters. The maximum atomic E-state index is 12.9. The van der Waals surface area contributed by atoms with Crippen LogP contribution in [-0.4, -0.2) is 58.7 Å². The summed E-state index contributed by atoms with van der Waals surface area (Å²) in [7, 11) is -2.31. The average molecular weight is 432 g/mol. The summed E-state index contributed by atoms with van der Waals surface area (Å²) in [5.74, 6) is 0.439. The highest BCUT2D eigenvalue weighted by molar-refractivity contribution is 7.89. The van der Waals surface area contributed by atoms with E-state index < -0.39 is 15.9 Å². The Labute approximate surface area is 176 Å². The Morgan fingerprint density at radius 3 is 2.53 bits per heavy atom. The monoisotopic (exact) mass is 432 g/mol. The van der Waals surface area contributed by atoms with Crippen molar-refractivity contribution < 1.29 is 27.4 Å². The Morgan fingerprint density at radius 2 is 1.90 bits per heavy atom. The van der Waals surface area contributed by atoms with Crippen LogP contribution < -0.4 is 14.8 Å². The van der Waals surface area contributed by atoms with E-state index in [9.17, 15) is 13.2 Å². The summed E-state index contributed by atoms with van der Waals surface area (Å²) in [5, 5.41) is 2.75. The molecule has 30 heavy (non-hydrogen) atoms. The number of hydrogen-bond acceptors (Lipinski definition) is 6. The van der Waals surface area contributed by atoms with Crippen molar-refractivity contribution in [2.75, 3.05) is 45.3 Å². The Hall–Kier alpha value is -2.88. The number of methoxy groups -OCH3 is 1. The van der Waals surface area contributed by atoms with E-state index >= 15 is 0 Å². The van der Waals surface area contributed by atoms with Gasteiger partial charge in [-0.15, -0.1) is 0 Å². The predicted molar refractivity (Wildman–Crippen MR) is 113 cm³/mol. The molecule has 9 heteroatoms. The summed E-state index contributed by atoms with van der Waals surface area (Å²) >= 11 is 0. The Balaban J connectivity index is 1.82. The van der Waals surface area contributed by atoms with Crippen LogP contribution in [0.25, 0.3) is 0 Å². The van der Waals surface area contributed by atoms with Gasteiger partial charge in [-0.1, -0.05) is 12.7 Å². The van der Waals surface area contributed by atoms with Gasteiger partial charge >= 0.3 is 0 Å². The van der Waals surface area contributed by atoms with Gasteiger partial charge in [0.2, 0.25) is 10.0 Å². The second-order valence-corrected chi connectivity index (χ2v) is 8.39. The highest BCUT2D eigenvalue weighted by atomic mass is 32.2. The summed E-state index contributed by atoms with van der Waals surface area (Å²) in [6.45, 7) is 5.21. The molecule has 0 radical (unpaired) electrons. The third-order valence-corrected chi connectivity index (χ3v) is 6.40. The molecule has 1 saturated heterocycles. The second-order valence-electron chi connectivity index (χ2n) is 6.46. The Kier molecular flexibility index (Phi) is 7.09. The molecule has 160 valence electrons. The van der Waals surface area contributed by atoms with Crippen LogP contribution in [0.4, 0.5) is 5.69 Å². The largest absolute Gasteiger partial charge is 0.496 e. The number of rotatable bonds is 8. The van der Waals surface area contributed by atoms with Crippen molar-refractivity contribution in [3.63, 3.8) is 0 Å². The zero-order chi connectivity index (χ0) is 21.6. The van der Waals surface area contributed by atoms with E-state index in [1.807, 2.05) is 0 Å². The summed E-state index contributed by atoms with van der Waals surface area (Å²) in [6.07, 6.45) is 1.64. The molecule has 0 atom stereocenters. The number of ether oxygens (including phenoxy) is 3. The molecule has 8 nitrogen and oxygen atoms in total. The molecule has 0 saturated carbocycles. The molecule has 0 aromatic heterocycles. The van der Waals surface area contributed by atoms with Crippen LogP contribution in [0, 0.1) is 0 Å². The lowest BCUT2D eigenvalue weighted by Gasteiger charge is -2.26. The number of benzene rings is 2. The number of nitrogens with one attached hydrogen (secondary N) is 1. The van der Waals surface area contributed by atoms with Gasteiger partial charge < -0.3 is 19.5 Å². The molecule has 3 rings (SSSR count). The van der Waals surface area contributed by atoms with Crippen molar-refractivity contribution >= 4 is 21.6 Å². The maximum Gasteiger partial charge on any atom is 0.259 e. The number of carbonyl (C=O) groups is 1. The minimum absolute atomic E-state index is 0.0310. The number of nitrogens with zero attached hydrogens (tertiary/aromatic N) is 1. The number of anilines is 1. The number of sulfonamides is 1. The first-order chi connectivity index (χ1) is 14.5. The van der Waals surface area contributed by atoms with Crippen LogP contribution in [0.5, 0.6) is 11.5 Å². The van der Waals surface area contributed by atoms with E-state index in [-0.39, 0.29) is 29.3 Å². The first kappa shape index (κ1) is 21.8. The lowest BCUT2D eigenvalue weighted by Crippen LogP contribution is -2.40. The van der Waals surface area contributed by atoms with E-state index in [0.717, 1.165) is 0 Å². The smallest absolute Gasteiger partial charge is 0.259 e. The summed E-state index contributed by atoms with van der Waals surface area (Å²) < 4.78 is 43.1. The molecule has 1 fully saturated rings. The first-order valence-corrected chi connectivity index (χ1v) is 10.8. The lowest BCUT2D eigenvalue weighted by molar-refractivity contribution is 0.0730. The molecule has 1 heterocycles. The molecule has 1 aliphatic heterocycles. The number of carbonyl (C=O) groups excluding carboxylic acids is 1. The highest BCUT2D eigenvalue weighted by Crippen LogP contribution is 2.26. The van der Waals surface area contributed by atoms with Crippen LogP contribution in [0.3, 0.4) is 0 Å². The van der Waals surface area contributed by atoms with E-state index in [1.165, 1.54) is 29.6 Å². The van der Waals surface area contributed by atoms with Gasteiger partial charge in [0.15, 0.2) is 0 Å². The van der Waals surface area contributed by atoms with Crippen LogP contribution >= 0.6 is 0 Å². The van der Waals surface area contributed by atoms with Gasteiger partial charge in [-0.25, -0.2) is 8.42 Å². The molecule has 0 aliphatic carbocycles. The molecular weight excluding hydrogens is 408 g/mol. The van der Waals surface area contributed by atoms with Crippen LogP contribution in [0.15, 0.2) is 60.0 Å². The van der Waals surface area contributed by atoms with E-state index in [1.54, 1.807) is 30.3 Å². The first-order valence-electron chi connectivity index (χ1n) is 9.37. The van der Waals surface area contributed by atoms with Crippen molar-refractivity contribution in [2.45, 2.75) is 4.90 Å². The number of hydrogen-bond donors (Lipinski definition) is 1. The van der Waals surface area contributed by atoms with Crippen molar-refractivity contribution in [3.05, 3.63) is 60.7 Å². The van der Waals surface area contributed by atoms with Crippen molar-refractivity contribution in [1.29, 1.82) is 0 Å². The minimum atomic E-state index is -3.74. The third-order valence-electron chi connectivity index (χ3n) is 4.50. The highest BCUT2D eigenvalue weighted by Gasteiger charge is 2.28. The van der Waals surface area contributed by atoms with Gasteiger partial charge in [0.25, 0.3) is 5.91 Å². The lowest BCUT2D eigenvalue weighted by atomic mass is 10.2.